The smallest absolute Gasteiger partial charge is 0.195 e. The van der Waals surface area contributed by atoms with Crippen LogP contribution in [-0.2, 0) is 6.42 Å². The molecule has 1 unspecified atom stereocenters. The molecule has 0 amide bonds. The minimum atomic E-state index is 0.0301. The van der Waals surface area contributed by atoms with Gasteiger partial charge in [0.25, 0.3) is 0 Å². The second-order valence-corrected chi connectivity index (χ2v) is 4.60. The van der Waals surface area contributed by atoms with Crippen LogP contribution in [0.5, 0.6) is 0 Å². The van der Waals surface area contributed by atoms with Gasteiger partial charge in [-0.05, 0) is 18.9 Å². The van der Waals surface area contributed by atoms with Gasteiger partial charge in [0, 0.05) is 18.5 Å². The largest absolute Gasteiger partial charge is 0.318 e. The zero-order valence-corrected chi connectivity index (χ0v) is 9.97. The van der Waals surface area contributed by atoms with E-state index in [-0.39, 0.29) is 5.78 Å². The number of rotatable bonds is 1. The zero-order valence-electron chi connectivity index (χ0n) is 9.97. The fourth-order valence-corrected chi connectivity index (χ4v) is 2.62. The van der Waals surface area contributed by atoms with Crippen molar-refractivity contribution >= 4 is 5.78 Å². The predicted octanol–water partition coefficient (Wildman–Crippen LogP) is 2.87. The standard InChI is InChI=1S/C14H14N2O/c1-9-7-11-5-3-4-6-12(11)13-8-15-14(10(2)17)16(9)13/h3-6,8-9H,7H2,1-2H3. The summed E-state index contributed by atoms with van der Waals surface area (Å²) in [4.78, 5) is 15.8. The number of Topliss-reactive ketones (excluding diaryl/α,β-unsaturated/α-hetero) is 1. The van der Waals surface area contributed by atoms with Crippen molar-refractivity contribution in [3.05, 3.63) is 41.9 Å². The fraction of sp³-hybridized carbons (Fsp3) is 0.286. The average molecular weight is 226 g/mol. The summed E-state index contributed by atoms with van der Waals surface area (Å²) in [5.74, 6) is 0.601. The Kier molecular flexibility index (Phi) is 2.15. The Labute approximate surface area is 100 Å². The molecule has 3 rings (SSSR count). The van der Waals surface area contributed by atoms with Crippen molar-refractivity contribution in [1.29, 1.82) is 0 Å². The lowest BCUT2D eigenvalue weighted by Gasteiger charge is -2.25. The second kappa shape index (κ2) is 3.55. The Hall–Kier alpha value is -1.90. The van der Waals surface area contributed by atoms with Gasteiger partial charge in [-0.25, -0.2) is 4.98 Å². The molecular formula is C14H14N2O. The second-order valence-electron chi connectivity index (χ2n) is 4.60. The molecule has 1 aromatic carbocycles. The monoisotopic (exact) mass is 226 g/mol. The average Bonchev–Trinajstić information content (AvgIpc) is 2.74. The van der Waals surface area contributed by atoms with Gasteiger partial charge in [-0.3, -0.25) is 4.79 Å². The van der Waals surface area contributed by atoms with E-state index in [4.69, 9.17) is 0 Å². The molecular weight excluding hydrogens is 212 g/mol. The maximum absolute atomic E-state index is 11.6. The number of carbonyl (C=O) groups excluding carboxylic acids is 1. The number of benzene rings is 1. The molecule has 0 spiro atoms. The number of ketones is 1. The molecule has 1 aromatic heterocycles. The molecule has 0 saturated heterocycles. The van der Waals surface area contributed by atoms with Gasteiger partial charge >= 0.3 is 0 Å². The van der Waals surface area contributed by atoms with Crippen molar-refractivity contribution in [2.24, 2.45) is 0 Å². The van der Waals surface area contributed by atoms with Crippen molar-refractivity contribution in [2.75, 3.05) is 0 Å². The number of fused-ring (bicyclic) bond motifs is 3. The summed E-state index contributed by atoms with van der Waals surface area (Å²) in [6, 6.07) is 8.62. The quantitative estimate of drug-likeness (QED) is 0.701. The van der Waals surface area contributed by atoms with Crippen LogP contribution in [0.2, 0.25) is 0 Å². The van der Waals surface area contributed by atoms with E-state index in [0.717, 1.165) is 12.1 Å². The van der Waals surface area contributed by atoms with Crippen molar-refractivity contribution < 1.29 is 4.79 Å². The number of hydrogen-bond acceptors (Lipinski definition) is 2. The Bertz CT molecular complexity index is 598. The first kappa shape index (κ1) is 10.3. The molecule has 0 saturated carbocycles. The summed E-state index contributed by atoms with van der Waals surface area (Å²) < 4.78 is 2.06. The first-order chi connectivity index (χ1) is 8.18. The van der Waals surface area contributed by atoms with Crippen LogP contribution in [0.25, 0.3) is 11.3 Å². The Morgan fingerprint density at radius 2 is 2.18 bits per heavy atom. The third-order valence-electron chi connectivity index (χ3n) is 3.36. The highest BCUT2D eigenvalue weighted by molar-refractivity contribution is 5.91. The molecule has 0 fully saturated rings. The van der Waals surface area contributed by atoms with Crippen LogP contribution >= 0.6 is 0 Å². The summed E-state index contributed by atoms with van der Waals surface area (Å²) >= 11 is 0. The Balaban J connectivity index is 2.27. The molecule has 86 valence electrons. The maximum atomic E-state index is 11.6. The van der Waals surface area contributed by atoms with Crippen LogP contribution in [0.15, 0.2) is 30.5 Å². The van der Waals surface area contributed by atoms with Crippen LogP contribution in [0.4, 0.5) is 0 Å². The molecule has 0 aliphatic carbocycles. The summed E-state index contributed by atoms with van der Waals surface area (Å²) in [6.07, 6.45) is 2.77. The summed E-state index contributed by atoms with van der Waals surface area (Å²) in [5, 5.41) is 0. The van der Waals surface area contributed by atoms with Crippen LogP contribution in [0, 0.1) is 0 Å². The molecule has 2 aromatic rings. The van der Waals surface area contributed by atoms with Gasteiger partial charge in [0.2, 0.25) is 0 Å². The topological polar surface area (TPSA) is 34.9 Å². The van der Waals surface area contributed by atoms with Crippen LogP contribution in [-0.4, -0.2) is 15.3 Å². The highest BCUT2D eigenvalue weighted by Gasteiger charge is 2.25. The minimum absolute atomic E-state index is 0.0301. The van der Waals surface area contributed by atoms with Crippen molar-refractivity contribution in [3.63, 3.8) is 0 Å². The van der Waals surface area contributed by atoms with Crippen molar-refractivity contribution in [3.8, 4) is 11.3 Å². The number of imidazole rings is 1. The van der Waals surface area contributed by atoms with Crippen molar-refractivity contribution in [2.45, 2.75) is 26.3 Å². The van der Waals surface area contributed by atoms with E-state index in [9.17, 15) is 4.79 Å². The maximum Gasteiger partial charge on any atom is 0.195 e. The van der Waals surface area contributed by atoms with Gasteiger partial charge in [-0.1, -0.05) is 24.3 Å². The van der Waals surface area contributed by atoms with Gasteiger partial charge < -0.3 is 4.57 Å². The minimum Gasteiger partial charge on any atom is -0.318 e. The molecule has 0 radical (unpaired) electrons. The zero-order chi connectivity index (χ0) is 12.0. The first-order valence-electron chi connectivity index (χ1n) is 5.85. The molecule has 0 bridgehead atoms. The Morgan fingerprint density at radius 1 is 1.41 bits per heavy atom. The van der Waals surface area contributed by atoms with Crippen LogP contribution in [0.1, 0.15) is 36.1 Å². The highest BCUT2D eigenvalue weighted by atomic mass is 16.1. The third-order valence-corrected chi connectivity index (χ3v) is 3.36. The Morgan fingerprint density at radius 3 is 2.94 bits per heavy atom. The molecule has 0 N–H and O–H groups in total. The van der Waals surface area contributed by atoms with E-state index >= 15 is 0 Å². The highest BCUT2D eigenvalue weighted by Crippen LogP contribution is 2.35. The first-order valence-corrected chi connectivity index (χ1v) is 5.85. The summed E-state index contributed by atoms with van der Waals surface area (Å²) in [5.41, 5.74) is 3.60. The van der Waals surface area contributed by atoms with E-state index < -0.39 is 0 Å². The molecule has 1 aliphatic heterocycles. The van der Waals surface area contributed by atoms with Gasteiger partial charge in [0.1, 0.15) is 0 Å². The van der Waals surface area contributed by atoms with Gasteiger partial charge in [0.05, 0.1) is 11.9 Å². The third kappa shape index (κ3) is 1.42. The predicted molar refractivity (Wildman–Crippen MR) is 66.1 cm³/mol. The molecule has 3 heteroatoms. The number of hydrogen-bond donors (Lipinski definition) is 0. The SMILES string of the molecule is CC(=O)c1ncc2n1C(C)Cc1ccccc1-2. The van der Waals surface area contributed by atoms with Crippen LogP contribution < -0.4 is 0 Å². The van der Waals surface area contributed by atoms with E-state index in [2.05, 4.69) is 34.7 Å². The lowest BCUT2D eigenvalue weighted by atomic mass is 9.95. The molecule has 1 atom stereocenters. The lowest BCUT2D eigenvalue weighted by molar-refractivity contribution is 0.0997. The van der Waals surface area contributed by atoms with Gasteiger partial charge in [-0.2, -0.15) is 0 Å². The van der Waals surface area contributed by atoms with E-state index in [0.29, 0.717) is 11.9 Å². The fourth-order valence-electron chi connectivity index (χ4n) is 2.62. The normalized spacial score (nSPS) is 17.4. The van der Waals surface area contributed by atoms with E-state index in [1.807, 2.05) is 12.3 Å². The van der Waals surface area contributed by atoms with E-state index in [1.165, 1.54) is 11.1 Å². The molecule has 17 heavy (non-hydrogen) atoms. The number of aromatic nitrogens is 2. The molecule has 2 heterocycles. The number of carbonyl (C=O) groups is 1. The number of nitrogens with zero attached hydrogens (tertiary/aromatic N) is 2. The van der Waals surface area contributed by atoms with Gasteiger partial charge in [0.15, 0.2) is 11.6 Å². The molecule has 3 nitrogen and oxygen atoms in total. The van der Waals surface area contributed by atoms with Crippen molar-refractivity contribution in [1.82, 2.24) is 9.55 Å². The summed E-state index contributed by atoms with van der Waals surface area (Å²) in [6.45, 7) is 3.70. The van der Waals surface area contributed by atoms with Gasteiger partial charge in [-0.15, -0.1) is 0 Å². The lowest BCUT2D eigenvalue weighted by Crippen LogP contribution is -2.19. The van der Waals surface area contributed by atoms with Crippen LogP contribution in [0.3, 0.4) is 0 Å². The summed E-state index contributed by atoms with van der Waals surface area (Å²) in [7, 11) is 0. The van der Waals surface area contributed by atoms with E-state index in [1.54, 1.807) is 6.92 Å². The molecule has 1 aliphatic rings.